The minimum absolute atomic E-state index is 0.108. The summed E-state index contributed by atoms with van der Waals surface area (Å²) >= 11 is 0. The molecule has 6 heteroatoms. The second-order valence-corrected chi connectivity index (χ2v) is 13.6. The van der Waals surface area contributed by atoms with Crippen LogP contribution in [0.3, 0.4) is 0 Å². The maximum Gasteiger partial charge on any atom is 0.137 e. The van der Waals surface area contributed by atoms with Crippen LogP contribution in [0.5, 0.6) is 0 Å². The van der Waals surface area contributed by atoms with Crippen molar-refractivity contribution < 1.29 is 0 Å². The summed E-state index contributed by atoms with van der Waals surface area (Å²) in [6, 6.07) is 36.7. The molecule has 6 nitrogen and oxygen atoms in total. The standard InChI is InChI=1S/C39H38N6/c1-38(2,3)32-16-12-17-33(39(4,5)6)37(32)43(27-13-11-14-29(25-27)45-41-23-24-42-45)28-20-21-31-30-15-7-8-18-34(30)44(35(31)26-28)36-19-9-10-22-40-36/h7-26H,1-6H3. The highest BCUT2D eigenvalue weighted by atomic mass is 15.5. The molecule has 0 aliphatic carbocycles. The van der Waals surface area contributed by atoms with Gasteiger partial charge in [0.1, 0.15) is 5.82 Å². The van der Waals surface area contributed by atoms with Crippen molar-refractivity contribution in [1.29, 1.82) is 0 Å². The molecule has 45 heavy (non-hydrogen) atoms. The molecule has 0 aliphatic heterocycles. The van der Waals surface area contributed by atoms with Gasteiger partial charge >= 0.3 is 0 Å². The monoisotopic (exact) mass is 590 g/mol. The third-order valence-corrected chi connectivity index (χ3v) is 8.41. The molecule has 0 unspecified atom stereocenters. The minimum Gasteiger partial charge on any atom is -0.310 e. The number of hydrogen-bond acceptors (Lipinski definition) is 4. The zero-order chi connectivity index (χ0) is 31.3. The molecule has 3 aromatic heterocycles. The first-order valence-electron chi connectivity index (χ1n) is 15.5. The normalized spacial score (nSPS) is 12.2. The van der Waals surface area contributed by atoms with Crippen LogP contribution in [0.1, 0.15) is 52.7 Å². The van der Waals surface area contributed by atoms with E-state index in [0.29, 0.717) is 0 Å². The van der Waals surface area contributed by atoms with E-state index >= 15 is 0 Å². The van der Waals surface area contributed by atoms with E-state index in [1.807, 2.05) is 24.4 Å². The Morgan fingerprint density at radius 2 is 1.20 bits per heavy atom. The van der Waals surface area contributed by atoms with Crippen LogP contribution in [-0.2, 0) is 10.8 Å². The number of anilines is 3. The number of pyridine rings is 1. The molecular weight excluding hydrogens is 552 g/mol. The van der Waals surface area contributed by atoms with Gasteiger partial charge in [-0.3, -0.25) is 4.57 Å². The Hall–Kier alpha value is -5.23. The fourth-order valence-electron chi connectivity index (χ4n) is 6.34. The van der Waals surface area contributed by atoms with Gasteiger partial charge < -0.3 is 4.90 Å². The quantitative estimate of drug-likeness (QED) is 0.200. The number of hydrogen-bond donors (Lipinski definition) is 0. The molecule has 0 bridgehead atoms. The Bertz CT molecular complexity index is 2090. The Kier molecular flexibility index (Phi) is 6.81. The highest BCUT2D eigenvalue weighted by Crippen LogP contribution is 2.47. The summed E-state index contributed by atoms with van der Waals surface area (Å²) in [5, 5.41) is 11.3. The molecule has 0 saturated carbocycles. The third kappa shape index (κ3) is 5.06. The van der Waals surface area contributed by atoms with E-state index in [9.17, 15) is 0 Å². The molecule has 0 radical (unpaired) electrons. The largest absolute Gasteiger partial charge is 0.310 e. The van der Waals surface area contributed by atoms with E-state index in [0.717, 1.165) is 33.9 Å². The molecular formula is C39H38N6. The van der Waals surface area contributed by atoms with E-state index in [1.54, 1.807) is 17.2 Å². The van der Waals surface area contributed by atoms with Crippen molar-refractivity contribution in [3.05, 3.63) is 133 Å². The zero-order valence-corrected chi connectivity index (χ0v) is 26.7. The van der Waals surface area contributed by atoms with Gasteiger partial charge in [0, 0.05) is 28.3 Å². The molecule has 0 atom stereocenters. The van der Waals surface area contributed by atoms with Gasteiger partial charge in [-0.05, 0) is 70.5 Å². The van der Waals surface area contributed by atoms with E-state index in [4.69, 9.17) is 4.98 Å². The van der Waals surface area contributed by atoms with Gasteiger partial charge in [0.25, 0.3) is 0 Å². The van der Waals surface area contributed by atoms with E-state index in [1.165, 1.54) is 27.6 Å². The number of aromatic nitrogens is 5. The maximum absolute atomic E-state index is 4.78. The van der Waals surface area contributed by atoms with E-state index < -0.39 is 0 Å². The first-order valence-corrected chi connectivity index (χ1v) is 15.5. The van der Waals surface area contributed by atoms with Gasteiger partial charge in [0.05, 0.1) is 34.8 Å². The average Bonchev–Trinajstić information content (AvgIpc) is 3.68. The lowest BCUT2D eigenvalue weighted by Crippen LogP contribution is -2.24. The topological polar surface area (TPSA) is 51.8 Å². The summed E-state index contributed by atoms with van der Waals surface area (Å²) in [6.07, 6.45) is 5.28. The minimum atomic E-state index is -0.108. The summed E-state index contributed by atoms with van der Waals surface area (Å²) < 4.78 is 2.27. The highest BCUT2D eigenvalue weighted by Gasteiger charge is 2.30. The summed E-state index contributed by atoms with van der Waals surface area (Å²) in [6.45, 7) is 13.8. The Labute approximate surface area is 264 Å². The average molecular weight is 591 g/mol. The molecule has 0 spiro atoms. The predicted octanol–water partition coefficient (Wildman–Crippen LogP) is 9.82. The summed E-state index contributed by atoms with van der Waals surface area (Å²) in [5.41, 5.74) is 8.78. The van der Waals surface area contributed by atoms with E-state index in [-0.39, 0.29) is 10.8 Å². The molecule has 7 rings (SSSR count). The smallest absolute Gasteiger partial charge is 0.137 e. The number of fused-ring (bicyclic) bond motifs is 3. The van der Waals surface area contributed by atoms with Crippen LogP contribution in [0.2, 0.25) is 0 Å². The zero-order valence-electron chi connectivity index (χ0n) is 26.7. The van der Waals surface area contributed by atoms with Gasteiger partial charge in [-0.2, -0.15) is 15.0 Å². The Morgan fingerprint density at radius 1 is 0.556 bits per heavy atom. The molecule has 0 fully saturated rings. The molecule has 0 aliphatic rings. The van der Waals surface area contributed by atoms with Gasteiger partial charge in [0.2, 0.25) is 0 Å². The Balaban J connectivity index is 1.58. The second-order valence-electron chi connectivity index (χ2n) is 13.6. The molecule has 224 valence electrons. The third-order valence-electron chi connectivity index (χ3n) is 8.41. The number of rotatable bonds is 5. The fourth-order valence-corrected chi connectivity index (χ4v) is 6.34. The van der Waals surface area contributed by atoms with Gasteiger partial charge in [-0.1, -0.05) is 96.1 Å². The van der Waals surface area contributed by atoms with Crippen LogP contribution >= 0.6 is 0 Å². The SMILES string of the molecule is CC(C)(C)c1cccc(C(C)(C)C)c1N(c1cccc(-n2nccn2)c1)c1ccc2c3ccccc3n(-c3ccccn3)c2c1. The summed E-state index contributed by atoms with van der Waals surface area (Å²) in [7, 11) is 0. The van der Waals surface area contributed by atoms with Gasteiger partial charge in [-0.25, -0.2) is 4.98 Å². The lowest BCUT2D eigenvalue weighted by molar-refractivity contribution is 0.570. The lowest BCUT2D eigenvalue weighted by Gasteiger charge is -2.37. The van der Waals surface area contributed by atoms with Crippen molar-refractivity contribution in [3.8, 4) is 11.5 Å². The van der Waals surface area contributed by atoms with Crippen LogP contribution in [-0.4, -0.2) is 24.5 Å². The lowest BCUT2D eigenvalue weighted by atomic mass is 9.78. The van der Waals surface area contributed by atoms with Crippen molar-refractivity contribution in [2.75, 3.05) is 4.90 Å². The Morgan fingerprint density at radius 3 is 1.89 bits per heavy atom. The van der Waals surface area contributed by atoms with Crippen molar-refractivity contribution in [1.82, 2.24) is 24.5 Å². The van der Waals surface area contributed by atoms with Crippen LogP contribution < -0.4 is 4.90 Å². The first-order chi connectivity index (χ1) is 21.6. The van der Waals surface area contributed by atoms with Crippen LogP contribution in [0.25, 0.3) is 33.3 Å². The number of para-hydroxylation sites is 2. The molecule has 3 heterocycles. The second kappa shape index (κ2) is 10.7. The van der Waals surface area contributed by atoms with Gasteiger partial charge in [-0.15, -0.1) is 0 Å². The maximum atomic E-state index is 4.78. The van der Waals surface area contributed by atoms with Crippen molar-refractivity contribution in [2.45, 2.75) is 52.4 Å². The highest BCUT2D eigenvalue weighted by molar-refractivity contribution is 6.10. The van der Waals surface area contributed by atoms with E-state index in [2.05, 4.69) is 146 Å². The summed E-state index contributed by atoms with van der Waals surface area (Å²) in [5.74, 6) is 0.893. The number of benzene rings is 4. The first kappa shape index (κ1) is 28.5. The van der Waals surface area contributed by atoms with Crippen LogP contribution in [0.15, 0.2) is 122 Å². The number of nitrogens with zero attached hydrogens (tertiary/aromatic N) is 6. The van der Waals surface area contributed by atoms with Crippen LogP contribution in [0.4, 0.5) is 17.1 Å². The molecule has 4 aromatic carbocycles. The molecule has 0 saturated heterocycles. The predicted molar refractivity (Wildman–Crippen MR) is 186 cm³/mol. The molecule has 0 amide bonds. The molecule has 7 aromatic rings. The summed E-state index contributed by atoms with van der Waals surface area (Å²) in [4.78, 5) is 8.87. The van der Waals surface area contributed by atoms with Crippen molar-refractivity contribution in [2.24, 2.45) is 0 Å². The fraction of sp³-hybridized carbons (Fsp3) is 0.205. The van der Waals surface area contributed by atoms with Crippen LogP contribution in [0, 0.1) is 0 Å². The van der Waals surface area contributed by atoms with Crippen molar-refractivity contribution >= 4 is 38.9 Å². The van der Waals surface area contributed by atoms with Crippen molar-refractivity contribution in [3.63, 3.8) is 0 Å². The molecule has 0 N–H and O–H groups in total. The van der Waals surface area contributed by atoms with Gasteiger partial charge in [0.15, 0.2) is 0 Å².